The van der Waals surface area contributed by atoms with Crippen molar-refractivity contribution >= 4 is 62.2 Å². The minimum absolute atomic E-state index is 0.0706. The SMILES string of the molecule is COc1ccc(S(=O)(=O)N2CCCC2)cc1NC(=S)N[C@@H](CC(=O)O)c1ccc(Cl)cc1Cl. The van der Waals surface area contributed by atoms with Crippen LogP contribution in [-0.2, 0) is 14.8 Å². The Hall–Kier alpha value is -2.11. The number of aliphatic carboxylic acids is 1. The van der Waals surface area contributed by atoms with Crippen molar-refractivity contribution < 1.29 is 23.1 Å². The lowest BCUT2D eigenvalue weighted by Gasteiger charge is -2.22. The van der Waals surface area contributed by atoms with Gasteiger partial charge in [-0.1, -0.05) is 29.3 Å². The van der Waals surface area contributed by atoms with E-state index in [2.05, 4.69) is 10.6 Å². The average molecular weight is 532 g/mol. The number of anilines is 1. The molecule has 2 aromatic carbocycles. The van der Waals surface area contributed by atoms with Crippen LogP contribution < -0.4 is 15.4 Å². The Morgan fingerprint density at radius 2 is 1.91 bits per heavy atom. The molecule has 0 aromatic heterocycles. The van der Waals surface area contributed by atoms with E-state index < -0.39 is 22.0 Å². The molecular formula is C21H23Cl2N3O5S2. The molecule has 3 rings (SSSR count). The van der Waals surface area contributed by atoms with Crippen LogP contribution in [-0.4, -0.2) is 49.1 Å². The number of sulfonamides is 1. The van der Waals surface area contributed by atoms with Gasteiger partial charge < -0.3 is 20.5 Å². The minimum Gasteiger partial charge on any atom is -0.495 e. The van der Waals surface area contributed by atoms with E-state index in [0.717, 1.165) is 12.8 Å². The van der Waals surface area contributed by atoms with E-state index in [-0.39, 0.29) is 16.4 Å². The van der Waals surface area contributed by atoms with Gasteiger partial charge in [-0.2, -0.15) is 4.31 Å². The largest absolute Gasteiger partial charge is 0.495 e. The molecule has 1 saturated heterocycles. The topological polar surface area (TPSA) is 108 Å². The molecule has 0 amide bonds. The van der Waals surface area contributed by atoms with Gasteiger partial charge in [-0.3, -0.25) is 4.79 Å². The number of carboxylic acid groups (broad SMARTS) is 1. The molecule has 2 aromatic rings. The first-order chi connectivity index (χ1) is 15.6. The summed E-state index contributed by atoms with van der Waals surface area (Å²) in [5.74, 6) is -0.684. The monoisotopic (exact) mass is 531 g/mol. The molecule has 3 N–H and O–H groups in total. The maximum Gasteiger partial charge on any atom is 0.305 e. The van der Waals surface area contributed by atoms with Gasteiger partial charge in [0.1, 0.15) is 5.75 Å². The van der Waals surface area contributed by atoms with Gasteiger partial charge >= 0.3 is 5.97 Å². The molecule has 1 heterocycles. The Labute approximate surface area is 207 Å². The summed E-state index contributed by atoms with van der Waals surface area (Å²) in [6.45, 7) is 0.964. The highest BCUT2D eigenvalue weighted by Crippen LogP contribution is 2.31. The van der Waals surface area contributed by atoms with Crippen LogP contribution in [0.3, 0.4) is 0 Å². The average Bonchev–Trinajstić information content (AvgIpc) is 3.28. The van der Waals surface area contributed by atoms with Crippen LogP contribution in [0.4, 0.5) is 5.69 Å². The molecule has 1 aliphatic heterocycles. The molecule has 0 radical (unpaired) electrons. The van der Waals surface area contributed by atoms with Crippen LogP contribution in [0.2, 0.25) is 10.0 Å². The molecule has 178 valence electrons. The Kier molecular flexibility index (Phi) is 8.41. The lowest BCUT2D eigenvalue weighted by Crippen LogP contribution is -2.34. The third-order valence-electron chi connectivity index (χ3n) is 5.14. The molecule has 0 aliphatic carbocycles. The van der Waals surface area contributed by atoms with E-state index >= 15 is 0 Å². The number of hydrogen-bond acceptors (Lipinski definition) is 5. The molecule has 0 bridgehead atoms. The third kappa shape index (κ3) is 6.27. The Morgan fingerprint density at radius 3 is 2.52 bits per heavy atom. The lowest BCUT2D eigenvalue weighted by molar-refractivity contribution is -0.137. The van der Waals surface area contributed by atoms with Crippen LogP contribution >= 0.6 is 35.4 Å². The zero-order valence-corrected chi connectivity index (χ0v) is 20.8. The first kappa shape index (κ1) is 25.5. The maximum atomic E-state index is 12.9. The van der Waals surface area contributed by atoms with Crippen LogP contribution in [0.25, 0.3) is 0 Å². The Bertz CT molecular complexity index is 1150. The van der Waals surface area contributed by atoms with Crippen LogP contribution in [0.1, 0.15) is 30.9 Å². The molecule has 0 saturated carbocycles. The highest BCUT2D eigenvalue weighted by Gasteiger charge is 2.28. The fraction of sp³-hybridized carbons (Fsp3) is 0.333. The van der Waals surface area contributed by atoms with Crippen LogP contribution in [0.5, 0.6) is 5.75 Å². The summed E-state index contributed by atoms with van der Waals surface area (Å²) in [5, 5.41) is 16.0. The van der Waals surface area contributed by atoms with Gasteiger partial charge in [0, 0.05) is 23.1 Å². The number of carbonyl (C=O) groups is 1. The summed E-state index contributed by atoms with van der Waals surface area (Å²) >= 11 is 17.6. The number of nitrogens with zero attached hydrogens (tertiary/aromatic N) is 1. The molecule has 0 unspecified atom stereocenters. The maximum absolute atomic E-state index is 12.9. The lowest BCUT2D eigenvalue weighted by atomic mass is 10.0. The van der Waals surface area contributed by atoms with Gasteiger partial charge in [0.05, 0.1) is 30.2 Å². The van der Waals surface area contributed by atoms with Crippen molar-refractivity contribution in [1.29, 1.82) is 0 Å². The van der Waals surface area contributed by atoms with Gasteiger partial charge in [-0.15, -0.1) is 0 Å². The van der Waals surface area contributed by atoms with Crippen molar-refractivity contribution in [2.45, 2.75) is 30.2 Å². The fourth-order valence-corrected chi connectivity index (χ4v) is 5.87. The summed E-state index contributed by atoms with van der Waals surface area (Å²) < 4.78 is 32.7. The van der Waals surface area contributed by atoms with Gasteiger partial charge in [0.25, 0.3) is 0 Å². The number of hydrogen-bond donors (Lipinski definition) is 3. The van der Waals surface area contributed by atoms with Crippen molar-refractivity contribution in [3.8, 4) is 5.75 Å². The molecule has 1 fully saturated rings. The van der Waals surface area contributed by atoms with Crippen LogP contribution in [0.15, 0.2) is 41.3 Å². The second-order valence-electron chi connectivity index (χ2n) is 7.39. The molecular weight excluding hydrogens is 509 g/mol. The first-order valence-corrected chi connectivity index (χ1v) is 12.6. The number of thiocarbonyl (C=S) groups is 1. The smallest absolute Gasteiger partial charge is 0.305 e. The summed E-state index contributed by atoms with van der Waals surface area (Å²) in [4.78, 5) is 11.5. The van der Waals surface area contributed by atoms with Crippen molar-refractivity contribution in [3.05, 3.63) is 52.0 Å². The number of carboxylic acids is 1. The summed E-state index contributed by atoms with van der Waals surface area (Å²) in [5.41, 5.74) is 0.830. The highest BCUT2D eigenvalue weighted by atomic mass is 35.5. The number of nitrogens with one attached hydrogen (secondary N) is 2. The number of benzene rings is 2. The molecule has 33 heavy (non-hydrogen) atoms. The molecule has 12 heteroatoms. The van der Waals surface area contributed by atoms with Crippen LogP contribution in [0, 0.1) is 0 Å². The van der Waals surface area contributed by atoms with E-state index in [1.54, 1.807) is 18.2 Å². The zero-order valence-electron chi connectivity index (χ0n) is 17.7. The fourth-order valence-electron chi connectivity index (χ4n) is 3.54. The summed E-state index contributed by atoms with van der Waals surface area (Å²) in [6, 6.07) is 8.45. The Morgan fingerprint density at radius 1 is 1.21 bits per heavy atom. The number of ether oxygens (including phenoxy) is 1. The molecule has 8 nitrogen and oxygen atoms in total. The molecule has 1 atom stereocenters. The Balaban J connectivity index is 1.84. The van der Waals surface area contributed by atoms with E-state index in [9.17, 15) is 18.3 Å². The van der Waals surface area contributed by atoms with Gasteiger partial charge in [-0.25, -0.2) is 8.42 Å². The summed E-state index contributed by atoms with van der Waals surface area (Å²) in [7, 11) is -2.20. The standard InChI is InChI=1S/C21H23Cl2N3O5S2/c1-31-19-7-5-14(33(29,30)26-8-2-3-9-26)11-18(19)25-21(32)24-17(12-20(27)28)15-6-4-13(22)10-16(15)23/h4-7,10-11,17H,2-3,8-9,12H2,1H3,(H,27,28)(H2,24,25,32)/t17-/m0/s1. The van der Waals surface area contributed by atoms with Gasteiger partial charge in [0.15, 0.2) is 5.11 Å². The number of methoxy groups -OCH3 is 1. The van der Waals surface area contributed by atoms with E-state index in [1.165, 1.54) is 29.6 Å². The molecule has 0 spiro atoms. The normalized spacial score (nSPS) is 15.1. The van der Waals surface area contributed by atoms with Crippen molar-refractivity contribution in [3.63, 3.8) is 0 Å². The third-order valence-corrected chi connectivity index (χ3v) is 7.82. The van der Waals surface area contributed by atoms with Gasteiger partial charge in [-0.05, 0) is 61.0 Å². The van der Waals surface area contributed by atoms with Crippen molar-refractivity contribution in [2.75, 3.05) is 25.5 Å². The van der Waals surface area contributed by atoms with E-state index in [0.29, 0.717) is 40.1 Å². The predicted molar refractivity (Wildman–Crippen MR) is 132 cm³/mol. The molecule has 1 aliphatic rings. The van der Waals surface area contributed by atoms with E-state index in [1.807, 2.05) is 0 Å². The zero-order chi connectivity index (χ0) is 24.2. The highest BCUT2D eigenvalue weighted by molar-refractivity contribution is 7.89. The van der Waals surface area contributed by atoms with Crippen molar-refractivity contribution in [2.24, 2.45) is 0 Å². The number of rotatable bonds is 8. The number of halogens is 2. The minimum atomic E-state index is -3.65. The van der Waals surface area contributed by atoms with Gasteiger partial charge in [0.2, 0.25) is 10.0 Å². The predicted octanol–water partition coefficient (Wildman–Crippen LogP) is 4.29. The quantitative estimate of drug-likeness (QED) is 0.433. The second-order valence-corrected chi connectivity index (χ2v) is 10.6. The van der Waals surface area contributed by atoms with E-state index in [4.69, 9.17) is 40.2 Å². The van der Waals surface area contributed by atoms with Crippen molar-refractivity contribution in [1.82, 2.24) is 9.62 Å². The second kappa shape index (κ2) is 10.9. The first-order valence-electron chi connectivity index (χ1n) is 10.0. The summed E-state index contributed by atoms with van der Waals surface area (Å²) in [6.07, 6.45) is 1.35.